The number of benzene rings is 2. The van der Waals surface area contributed by atoms with E-state index in [9.17, 15) is 14.4 Å². The molecule has 0 unspecified atom stereocenters. The highest BCUT2D eigenvalue weighted by atomic mass is 32.2. The minimum Gasteiger partial charge on any atom is -0.368 e. The molecule has 2 saturated heterocycles. The normalized spacial score (nSPS) is 21.3. The van der Waals surface area contributed by atoms with Crippen molar-refractivity contribution in [3.8, 4) is 0 Å². The summed E-state index contributed by atoms with van der Waals surface area (Å²) in [6.45, 7) is 0.532. The molecule has 0 aliphatic carbocycles. The zero-order valence-electron chi connectivity index (χ0n) is 16.5. The predicted molar refractivity (Wildman–Crippen MR) is 115 cm³/mol. The van der Waals surface area contributed by atoms with Gasteiger partial charge in [0.2, 0.25) is 5.91 Å². The Labute approximate surface area is 180 Å². The first-order valence-corrected chi connectivity index (χ1v) is 11.2. The second kappa shape index (κ2) is 9.45. The zero-order chi connectivity index (χ0) is 20.9. The van der Waals surface area contributed by atoms with Gasteiger partial charge < -0.3 is 15.0 Å². The average molecular weight is 425 g/mol. The number of hydrogen-bond donors (Lipinski definition) is 1. The van der Waals surface area contributed by atoms with Crippen molar-refractivity contribution in [1.29, 1.82) is 0 Å². The number of thioether (sulfide) groups is 1. The number of carbonyl (C=O) groups excluding carboxylic acids is 3. The minimum absolute atomic E-state index is 0.0584. The number of ether oxygens (including phenoxy) is 1. The van der Waals surface area contributed by atoms with Crippen LogP contribution in [0.2, 0.25) is 0 Å². The molecular formula is C23H24N2O4S. The smallest absolute Gasteiger partial charge is 0.251 e. The highest BCUT2D eigenvalue weighted by molar-refractivity contribution is 7.98. The van der Waals surface area contributed by atoms with Crippen LogP contribution in [0.25, 0.3) is 0 Å². The number of rotatable bonds is 7. The van der Waals surface area contributed by atoms with Crippen molar-refractivity contribution in [1.82, 2.24) is 10.2 Å². The fourth-order valence-corrected chi connectivity index (χ4v) is 4.92. The molecule has 156 valence electrons. The van der Waals surface area contributed by atoms with Gasteiger partial charge in [-0.15, -0.1) is 0 Å². The Kier molecular flexibility index (Phi) is 6.50. The predicted octanol–water partition coefficient (Wildman–Crippen LogP) is 2.29. The number of Topliss-reactive ketones (excluding diaryl/α,β-unsaturated/α-hetero) is 1. The van der Waals surface area contributed by atoms with Crippen LogP contribution in [-0.2, 0) is 20.1 Å². The van der Waals surface area contributed by atoms with Gasteiger partial charge in [-0.25, -0.2) is 0 Å². The third-order valence-electron chi connectivity index (χ3n) is 5.43. The number of hydrogen-bond acceptors (Lipinski definition) is 5. The number of nitrogens with one attached hydrogen (secondary N) is 1. The van der Waals surface area contributed by atoms with Crippen molar-refractivity contribution < 1.29 is 19.1 Å². The largest absolute Gasteiger partial charge is 0.368 e. The molecule has 6 nitrogen and oxygen atoms in total. The number of likely N-dealkylation sites (tertiary alicyclic amines) is 1. The lowest BCUT2D eigenvalue weighted by Gasteiger charge is -2.27. The Bertz CT molecular complexity index is 906. The molecular weight excluding hydrogens is 400 g/mol. The molecule has 2 amide bonds. The third-order valence-corrected chi connectivity index (χ3v) is 6.54. The minimum atomic E-state index is -0.710. The molecule has 1 N–H and O–H groups in total. The summed E-state index contributed by atoms with van der Waals surface area (Å²) in [7, 11) is 0. The van der Waals surface area contributed by atoms with Gasteiger partial charge in [-0.2, -0.15) is 11.8 Å². The monoisotopic (exact) mass is 424 g/mol. The number of amides is 2. The lowest BCUT2D eigenvalue weighted by Crippen LogP contribution is -2.53. The molecule has 3 atom stereocenters. The molecule has 2 aromatic carbocycles. The van der Waals surface area contributed by atoms with Gasteiger partial charge in [0.05, 0.1) is 6.10 Å². The highest BCUT2D eigenvalue weighted by Crippen LogP contribution is 2.28. The average Bonchev–Trinajstić information content (AvgIpc) is 3.37. The molecule has 2 aliphatic heterocycles. The SMILES string of the molecule is O=C(N[C@@H](CSCc1ccccc1)C(=O)N1CC[C@H]2OCC(=O)[C@H]21)c1ccccc1. The first kappa shape index (κ1) is 20.6. The Balaban J connectivity index is 1.46. The van der Waals surface area contributed by atoms with Gasteiger partial charge in [0, 0.05) is 23.6 Å². The molecule has 2 heterocycles. The van der Waals surface area contributed by atoms with Crippen molar-refractivity contribution >= 4 is 29.4 Å². The van der Waals surface area contributed by atoms with Gasteiger partial charge in [-0.3, -0.25) is 14.4 Å². The topological polar surface area (TPSA) is 75.7 Å². The summed E-state index contributed by atoms with van der Waals surface area (Å²) >= 11 is 1.59. The van der Waals surface area contributed by atoms with Crippen molar-refractivity contribution in [2.75, 3.05) is 18.9 Å². The third kappa shape index (κ3) is 4.57. The summed E-state index contributed by atoms with van der Waals surface area (Å²) in [6, 6.07) is 17.6. The Hall–Kier alpha value is -2.64. The van der Waals surface area contributed by atoms with Crippen LogP contribution in [0, 0.1) is 0 Å². The molecule has 7 heteroatoms. The highest BCUT2D eigenvalue weighted by Gasteiger charge is 2.48. The lowest BCUT2D eigenvalue weighted by atomic mass is 10.1. The van der Waals surface area contributed by atoms with Gasteiger partial charge in [0.25, 0.3) is 5.91 Å². The quantitative estimate of drug-likeness (QED) is 0.738. The van der Waals surface area contributed by atoms with E-state index in [1.54, 1.807) is 40.9 Å². The maximum absolute atomic E-state index is 13.3. The van der Waals surface area contributed by atoms with Gasteiger partial charge in [-0.1, -0.05) is 48.5 Å². The summed E-state index contributed by atoms with van der Waals surface area (Å²) in [5, 5.41) is 2.89. The molecule has 0 saturated carbocycles. The zero-order valence-corrected chi connectivity index (χ0v) is 17.3. The summed E-state index contributed by atoms with van der Waals surface area (Å²) < 4.78 is 5.50. The van der Waals surface area contributed by atoms with Crippen LogP contribution in [0.1, 0.15) is 22.3 Å². The summed E-state index contributed by atoms with van der Waals surface area (Å²) in [5.41, 5.74) is 1.66. The summed E-state index contributed by atoms with van der Waals surface area (Å²) in [6.07, 6.45) is 0.433. The summed E-state index contributed by atoms with van der Waals surface area (Å²) in [4.78, 5) is 39.9. The van der Waals surface area contributed by atoms with Gasteiger partial charge >= 0.3 is 0 Å². The Morgan fingerprint density at radius 2 is 1.80 bits per heavy atom. The Morgan fingerprint density at radius 1 is 1.10 bits per heavy atom. The van der Waals surface area contributed by atoms with E-state index in [4.69, 9.17) is 4.74 Å². The van der Waals surface area contributed by atoms with Crippen LogP contribution in [0.4, 0.5) is 0 Å². The van der Waals surface area contributed by atoms with E-state index >= 15 is 0 Å². The van der Waals surface area contributed by atoms with Crippen molar-refractivity contribution in [2.24, 2.45) is 0 Å². The fraction of sp³-hybridized carbons (Fsp3) is 0.348. The summed E-state index contributed by atoms with van der Waals surface area (Å²) in [5.74, 6) is 0.593. The molecule has 0 spiro atoms. The van der Waals surface area contributed by atoms with E-state index in [-0.39, 0.29) is 30.3 Å². The van der Waals surface area contributed by atoms with E-state index in [1.807, 2.05) is 36.4 Å². The second-order valence-electron chi connectivity index (χ2n) is 7.47. The Morgan fingerprint density at radius 3 is 2.53 bits per heavy atom. The standard InChI is InChI=1S/C23H24N2O4S/c26-19-13-29-20-11-12-25(21(19)20)23(28)18(15-30-14-16-7-3-1-4-8-16)24-22(27)17-9-5-2-6-10-17/h1-10,18,20-21H,11-15H2,(H,24,27)/t18-,20+,21+/m0/s1. The molecule has 2 aliphatic rings. The number of ketones is 1. The van der Waals surface area contributed by atoms with Crippen molar-refractivity contribution in [2.45, 2.75) is 30.4 Å². The molecule has 2 fully saturated rings. The lowest BCUT2D eigenvalue weighted by molar-refractivity contribution is -0.137. The van der Waals surface area contributed by atoms with E-state index in [1.165, 1.54) is 0 Å². The maximum atomic E-state index is 13.3. The molecule has 30 heavy (non-hydrogen) atoms. The number of nitrogens with zero attached hydrogens (tertiary/aromatic N) is 1. The van der Waals surface area contributed by atoms with Crippen LogP contribution in [-0.4, -0.2) is 59.6 Å². The second-order valence-corrected chi connectivity index (χ2v) is 8.50. The molecule has 0 bridgehead atoms. The van der Waals surface area contributed by atoms with E-state index in [2.05, 4.69) is 5.32 Å². The number of fused-ring (bicyclic) bond motifs is 1. The van der Waals surface area contributed by atoms with Crippen molar-refractivity contribution in [3.63, 3.8) is 0 Å². The fourth-order valence-electron chi connectivity index (χ4n) is 3.92. The van der Waals surface area contributed by atoms with Crippen LogP contribution in [0.3, 0.4) is 0 Å². The van der Waals surface area contributed by atoms with Crippen LogP contribution in [0.5, 0.6) is 0 Å². The molecule has 0 radical (unpaired) electrons. The van der Waals surface area contributed by atoms with Gasteiger partial charge in [0.1, 0.15) is 18.7 Å². The maximum Gasteiger partial charge on any atom is 0.251 e. The van der Waals surface area contributed by atoms with E-state index in [0.717, 1.165) is 11.3 Å². The van der Waals surface area contributed by atoms with Gasteiger partial charge in [-0.05, 0) is 24.1 Å². The van der Waals surface area contributed by atoms with Crippen LogP contribution < -0.4 is 5.32 Å². The molecule has 4 rings (SSSR count). The van der Waals surface area contributed by atoms with Gasteiger partial charge in [0.15, 0.2) is 5.78 Å². The number of carbonyl (C=O) groups is 3. The first-order chi connectivity index (χ1) is 14.6. The van der Waals surface area contributed by atoms with E-state index in [0.29, 0.717) is 24.3 Å². The van der Waals surface area contributed by atoms with Crippen molar-refractivity contribution in [3.05, 3.63) is 71.8 Å². The van der Waals surface area contributed by atoms with Crippen LogP contribution >= 0.6 is 11.8 Å². The first-order valence-electron chi connectivity index (χ1n) is 10.1. The molecule has 0 aromatic heterocycles. The van der Waals surface area contributed by atoms with E-state index < -0.39 is 12.1 Å². The van der Waals surface area contributed by atoms with Crippen LogP contribution in [0.15, 0.2) is 60.7 Å². The molecule has 2 aromatic rings.